The Balaban J connectivity index is 1.34. The molecule has 0 radical (unpaired) electrons. The van der Waals surface area contributed by atoms with Crippen molar-refractivity contribution in [1.29, 1.82) is 0 Å². The number of ether oxygens (including phenoxy) is 1. The molecule has 2 fully saturated rings. The number of rotatable bonds is 4. The Morgan fingerprint density at radius 1 is 1.30 bits per heavy atom. The van der Waals surface area contributed by atoms with E-state index in [0.717, 1.165) is 64.3 Å². The van der Waals surface area contributed by atoms with Gasteiger partial charge in [0, 0.05) is 31.7 Å². The second-order valence-electron chi connectivity index (χ2n) is 7.03. The standard InChI is InChI=1S/C17H26N4O2/c22-17(13-3-1-4-13)20-6-7-21-16(11-20)9-15(19-21)10-18-14-5-2-8-23-12-14/h9,13-14,18H,1-8,10-12H2. The molecule has 23 heavy (non-hydrogen) atoms. The molecule has 1 N–H and O–H groups in total. The van der Waals surface area contributed by atoms with Crippen molar-refractivity contribution < 1.29 is 9.53 Å². The maximum absolute atomic E-state index is 12.4. The molecule has 126 valence electrons. The van der Waals surface area contributed by atoms with Gasteiger partial charge in [0.1, 0.15) is 0 Å². The fraction of sp³-hybridized carbons (Fsp3) is 0.765. The molecule has 1 saturated carbocycles. The molecule has 0 bridgehead atoms. The third-order valence-electron chi connectivity index (χ3n) is 5.35. The second-order valence-corrected chi connectivity index (χ2v) is 7.03. The van der Waals surface area contributed by atoms with E-state index in [2.05, 4.69) is 21.2 Å². The summed E-state index contributed by atoms with van der Waals surface area (Å²) in [5, 5.41) is 8.22. The van der Waals surface area contributed by atoms with Crippen LogP contribution in [0, 0.1) is 5.92 Å². The first-order chi connectivity index (χ1) is 11.3. The number of aromatic nitrogens is 2. The van der Waals surface area contributed by atoms with Crippen LogP contribution < -0.4 is 5.32 Å². The van der Waals surface area contributed by atoms with E-state index >= 15 is 0 Å². The summed E-state index contributed by atoms with van der Waals surface area (Å²) in [7, 11) is 0. The molecule has 1 unspecified atom stereocenters. The van der Waals surface area contributed by atoms with Crippen LogP contribution in [0.5, 0.6) is 0 Å². The first-order valence-corrected chi connectivity index (χ1v) is 8.95. The SMILES string of the molecule is O=C(C1CCC1)N1CCn2nc(CNC3CCCOC3)cc2C1. The van der Waals surface area contributed by atoms with Gasteiger partial charge in [-0.1, -0.05) is 6.42 Å². The molecule has 0 aromatic carbocycles. The van der Waals surface area contributed by atoms with Gasteiger partial charge in [0.25, 0.3) is 0 Å². The molecule has 1 aromatic heterocycles. The van der Waals surface area contributed by atoms with Gasteiger partial charge in [-0.3, -0.25) is 9.48 Å². The Bertz CT molecular complexity index is 561. The highest BCUT2D eigenvalue weighted by atomic mass is 16.5. The Hall–Kier alpha value is -1.40. The summed E-state index contributed by atoms with van der Waals surface area (Å²) in [6, 6.07) is 2.59. The zero-order valence-electron chi connectivity index (χ0n) is 13.7. The number of hydrogen-bond acceptors (Lipinski definition) is 4. The van der Waals surface area contributed by atoms with E-state index in [0.29, 0.717) is 11.9 Å². The van der Waals surface area contributed by atoms with E-state index in [9.17, 15) is 4.79 Å². The highest BCUT2D eigenvalue weighted by molar-refractivity contribution is 5.79. The van der Waals surface area contributed by atoms with E-state index in [-0.39, 0.29) is 5.92 Å². The maximum Gasteiger partial charge on any atom is 0.226 e. The van der Waals surface area contributed by atoms with Crippen LogP contribution in [-0.2, 0) is 29.2 Å². The predicted molar refractivity (Wildman–Crippen MR) is 85.7 cm³/mol. The third kappa shape index (κ3) is 3.28. The van der Waals surface area contributed by atoms with Crippen molar-refractivity contribution in [3.05, 3.63) is 17.5 Å². The van der Waals surface area contributed by atoms with Crippen molar-refractivity contribution in [2.24, 2.45) is 5.92 Å². The molecule has 6 heteroatoms. The lowest BCUT2D eigenvalue weighted by Gasteiger charge is -2.34. The van der Waals surface area contributed by atoms with Crippen molar-refractivity contribution in [3.63, 3.8) is 0 Å². The zero-order valence-corrected chi connectivity index (χ0v) is 13.7. The van der Waals surface area contributed by atoms with Gasteiger partial charge in [-0.05, 0) is 31.7 Å². The Kier molecular flexibility index (Phi) is 4.35. The molecule has 1 amide bonds. The van der Waals surface area contributed by atoms with Crippen LogP contribution >= 0.6 is 0 Å². The molecule has 1 atom stereocenters. The third-order valence-corrected chi connectivity index (χ3v) is 5.35. The Morgan fingerprint density at radius 2 is 2.22 bits per heavy atom. The molecular formula is C17H26N4O2. The van der Waals surface area contributed by atoms with Gasteiger partial charge in [0.2, 0.25) is 5.91 Å². The largest absolute Gasteiger partial charge is 0.380 e. The lowest BCUT2D eigenvalue weighted by Crippen LogP contribution is -2.43. The van der Waals surface area contributed by atoms with E-state index in [1.54, 1.807) is 0 Å². The fourth-order valence-corrected chi connectivity index (χ4v) is 3.66. The van der Waals surface area contributed by atoms with Gasteiger partial charge in [0.05, 0.1) is 31.1 Å². The molecule has 3 aliphatic rings. The van der Waals surface area contributed by atoms with Crippen LogP contribution in [0.15, 0.2) is 6.07 Å². The molecule has 6 nitrogen and oxygen atoms in total. The summed E-state index contributed by atoms with van der Waals surface area (Å²) in [5.74, 6) is 0.639. The number of amides is 1. The van der Waals surface area contributed by atoms with E-state index < -0.39 is 0 Å². The Labute approximate surface area is 137 Å². The molecule has 2 aliphatic heterocycles. The zero-order chi connectivity index (χ0) is 15.6. The van der Waals surface area contributed by atoms with Crippen LogP contribution in [0.1, 0.15) is 43.5 Å². The van der Waals surface area contributed by atoms with Gasteiger partial charge >= 0.3 is 0 Å². The number of nitrogens with one attached hydrogen (secondary N) is 1. The van der Waals surface area contributed by atoms with E-state index in [1.165, 1.54) is 18.5 Å². The van der Waals surface area contributed by atoms with Crippen LogP contribution in [0.25, 0.3) is 0 Å². The van der Waals surface area contributed by atoms with Crippen molar-refractivity contribution >= 4 is 5.91 Å². The van der Waals surface area contributed by atoms with Gasteiger partial charge < -0.3 is 15.0 Å². The molecular weight excluding hydrogens is 292 g/mol. The summed E-state index contributed by atoms with van der Waals surface area (Å²) in [4.78, 5) is 14.4. The number of carbonyl (C=O) groups is 1. The van der Waals surface area contributed by atoms with Crippen LogP contribution in [-0.4, -0.2) is 46.4 Å². The Morgan fingerprint density at radius 3 is 2.96 bits per heavy atom. The molecule has 3 heterocycles. The number of carbonyl (C=O) groups excluding carboxylic acids is 1. The molecule has 1 saturated heterocycles. The van der Waals surface area contributed by atoms with Crippen LogP contribution in [0.4, 0.5) is 0 Å². The van der Waals surface area contributed by atoms with Gasteiger partial charge in [-0.15, -0.1) is 0 Å². The number of fused-ring (bicyclic) bond motifs is 1. The summed E-state index contributed by atoms with van der Waals surface area (Å²) in [6.07, 6.45) is 5.68. The van der Waals surface area contributed by atoms with Gasteiger partial charge in [-0.2, -0.15) is 5.10 Å². The van der Waals surface area contributed by atoms with Gasteiger partial charge in [-0.25, -0.2) is 0 Å². The van der Waals surface area contributed by atoms with Crippen molar-refractivity contribution in [2.75, 3.05) is 19.8 Å². The van der Waals surface area contributed by atoms with Crippen molar-refractivity contribution in [3.8, 4) is 0 Å². The average molecular weight is 318 g/mol. The van der Waals surface area contributed by atoms with Crippen LogP contribution in [0.3, 0.4) is 0 Å². The number of hydrogen-bond donors (Lipinski definition) is 1. The first kappa shape index (κ1) is 15.1. The molecule has 4 rings (SSSR count). The summed E-state index contributed by atoms with van der Waals surface area (Å²) in [6.45, 7) is 4.81. The maximum atomic E-state index is 12.4. The minimum Gasteiger partial charge on any atom is -0.380 e. The van der Waals surface area contributed by atoms with Crippen molar-refractivity contribution in [1.82, 2.24) is 20.0 Å². The number of nitrogens with zero attached hydrogens (tertiary/aromatic N) is 3. The molecule has 0 spiro atoms. The molecule has 1 aliphatic carbocycles. The lowest BCUT2D eigenvalue weighted by molar-refractivity contribution is -0.139. The average Bonchev–Trinajstić information content (AvgIpc) is 2.94. The van der Waals surface area contributed by atoms with Gasteiger partial charge in [0.15, 0.2) is 0 Å². The lowest BCUT2D eigenvalue weighted by atomic mass is 9.84. The monoisotopic (exact) mass is 318 g/mol. The van der Waals surface area contributed by atoms with E-state index in [4.69, 9.17) is 4.74 Å². The summed E-state index contributed by atoms with van der Waals surface area (Å²) < 4.78 is 7.57. The topological polar surface area (TPSA) is 59.4 Å². The highest BCUT2D eigenvalue weighted by Crippen LogP contribution is 2.29. The smallest absolute Gasteiger partial charge is 0.226 e. The minimum atomic E-state index is 0.289. The quantitative estimate of drug-likeness (QED) is 0.909. The summed E-state index contributed by atoms with van der Waals surface area (Å²) >= 11 is 0. The van der Waals surface area contributed by atoms with Crippen molar-refractivity contribution in [2.45, 2.75) is 57.8 Å². The first-order valence-electron chi connectivity index (χ1n) is 8.95. The minimum absolute atomic E-state index is 0.289. The predicted octanol–water partition coefficient (Wildman–Crippen LogP) is 1.29. The fourth-order valence-electron chi connectivity index (χ4n) is 3.66. The normalized spacial score (nSPS) is 25.0. The second kappa shape index (κ2) is 6.61. The van der Waals surface area contributed by atoms with Crippen LogP contribution in [0.2, 0.25) is 0 Å². The molecule has 1 aromatic rings. The summed E-state index contributed by atoms with van der Waals surface area (Å²) in [5.41, 5.74) is 2.24. The van der Waals surface area contributed by atoms with E-state index in [1.807, 2.05) is 4.90 Å². The highest BCUT2D eigenvalue weighted by Gasteiger charge is 2.31.